The first kappa shape index (κ1) is 9.98. The van der Waals surface area contributed by atoms with Crippen LogP contribution in [0.15, 0.2) is 24.4 Å². The van der Waals surface area contributed by atoms with Crippen LogP contribution in [0, 0.1) is 5.82 Å². The van der Waals surface area contributed by atoms with Gasteiger partial charge in [-0.2, -0.15) is 0 Å². The number of halogens is 1. The van der Waals surface area contributed by atoms with Gasteiger partial charge in [-0.3, -0.25) is 0 Å². The quantitative estimate of drug-likeness (QED) is 0.831. The Hall–Kier alpha value is -1.55. The number of nitrogens with zero attached hydrogens (tertiary/aromatic N) is 2. The smallest absolute Gasteiger partial charge is 0.129 e. The molecule has 0 spiro atoms. The molecule has 15 heavy (non-hydrogen) atoms. The first-order chi connectivity index (χ1) is 7.29. The number of aliphatic hydroxyl groups excluding tert-OH is 1. The molecule has 0 aliphatic heterocycles. The van der Waals surface area contributed by atoms with Crippen LogP contribution in [0.4, 0.5) is 4.39 Å². The maximum absolute atomic E-state index is 12.9. The van der Waals surface area contributed by atoms with Gasteiger partial charge < -0.3 is 5.11 Å². The minimum atomic E-state index is -0.297. The molecule has 0 bridgehead atoms. The average Bonchev–Trinajstić information content (AvgIpc) is 2.25. The molecule has 0 radical (unpaired) electrons. The zero-order chi connectivity index (χ0) is 10.7. The molecule has 0 aliphatic carbocycles. The molecular formula is C11H11FN2O. The molecular weight excluding hydrogens is 195 g/mol. The molecule has 0 unspecified atom stereocenters. The Bertz CT molecular complexity index is 473. The monoisotopic (exact) mass is 206 g/mol. The van der Waals surface area contributed by atoms with Gasteiger partial charge in [-0.25, -0.2) is 14.4 Å². The third-order valence-electron chi connectivity index (χ3n) is 2.15. The van der Waals surface area contributed by atoms with E-state index in [9.17, 15) is 4.39 Å². The lowest BCUT2D eigenvalue weighted by molar-refractivity contribution is 0.287. The highest BCUT2D eigenvalue weighted by Gasteiger charge is 2.00. The summed E-state index contributed by atoms with van der Waals surface area (Å²) in [5.41, 5.74) is 0.609. The van der Waals surface area contributed by atoms with Crippen molar-refractivity contribution in [3.8, 4) is 0 Å². The van der Waals surface area contributed by atoms with E-state index in [4.69, 9.17) is 5.11 Å². The molecule has 78 valence electrons. The average molecular weight is 206 g/mol. The van der Waals surface area contributed by atoms with Crippen LogP contribution in [0.2, 0.25) is 0 Å². The summed E-state index contributed by atoms with van der Waals surface area (Å²) in [5.74, 6) is 0.344. The molecule has 2 aromatic rings. The maximum Gasteiger partial charge on any atom is 0.129 e. The van der Waals surface area contributed by atoms with Crippen LogP contribution in [0.3, 0.4) is 0 Å². The first-order valence-corrected chi connectivity index (χ1v) is 4.81. The van der Waals surface area contributed by atoms with Gasteiger partial charge in [0.2, 0.25) is 0 Å². The van der Waals surface area contributed by atoms with E-state index in [2.05, 4.69) is 9.97 Å². The van der Waals surface area contributed by atoms with Gasteiger partial charge >= 0.3 is 0 Å². The van der Waals surface area contributed by atoms with E-state index in [1.807, 2.05) is 0 Å². The third-order valence-corrected chi connectivity index (χ3v) is 2.15. The summed E-state index contributed by atoms with van der Waals surface area (Å²) in [7, 11) is 0. The Labute approximate surface area is 86.6 Å². The SMILES string of the molecule is OCCCc1ncc2ccc(F)cc2n1. The van der Waals surface area contributed by atoms with Crippen LogP contribution in [-0.2, 0) is 6.42 Å². The number of rotatable bonds is 3. The van der Waals surface area contributed by atoms with Crippen LogP contribution >= 0.6 is 0 Å². The van der Waals surface area contributed by atoms with Crippen molar-refractivity contribution in [2.24, 2.45) is 0 Å². The Kier molecular flexibility index (Phi) is 2.87. The fourth-order valence-electron chi connectivity index (χ4n) is 1.39. The van der Waals surface area contributed by atoms with Crippen LogP contribution in [0.5, 0.6) is 0 Å². The highest BCUT2D eigenvalue weighted by atomic mass is 19.1. The van der Waals surface area contributed by atoms with E-state index in [-0.39, 0.29) is 12.4 Å². The van der Waals surface area contributed by atoms with E-state index in [1.165, 1.54) is 12.1 Å². The van der Waals surface area contributed by atoms with Gasteiger partial charge in [0.25, 0.3) is 0 Å². The summed E-state index contributed by atoms with van der Waals surface area (Å²) in [6.45, 7) is 0.116. The standard InChI is InChI=1S/C11H11FN2O/c12-9-4-3-8-7-13-11(2-1-5-15)14-10(8)6-9/h3-4,6-7,15H,1-2,5H2. The molecule has 0 saturated heterocycles. The molecule has 4 heteroatoms. The van der Waals surface area contributed by atoms with Crippen LogP contribution in [0.1, 0.15) is 12.2 Å². The molecule has 1 N–H and O–H groups in total. The molecule has 1 aromatic carbocycles. The number of aryl methyl sites for hydroxylation is 1. The van der Waals surface area contributed by atoms with E-state index in [0.717, 1.165) is 5.39 Å². The fourth-order valence-corrected chi connectivity index (χ4v) is 1.39. The largest absolute Gasteiger partial charge is 0.396 e. The van der Waals surface area contributed by atoms with Crippen molar-refractivity contribution in [3.05, 3.63) is 36.0 Å². The zero-order valence-electron chi connectivity index (χ0n) is 8.15. The van der Waals surface area contributed by atoms with E-state index in [1.54, 1.807) is 12.3 Å². The van der Waals surface area contributed by atoms with Gasteiger partial charge in [-0.05, 0) is 18.6 Å². The highest BCUT2D eigenvalue weighted by Crippen LogP contribution is 2.12. The lowest BCUT2D eigenvalue weighted by atomic mass is 10.2. The van der Waals surface area contributed by atoms with E-state index in [0.29, 0.717) is 24.2 Å². The van der Waals surface area contributed by atoms with Crippen molar-refractivity contribution >= 4 is 10.9 Å². The second-order valence-electron chi connectivity index (χ2n) is 3.32. The molecule has 1 aromatic heterocycles. The number of hydrogen-bond donors (Lipinski definition) is 1. The minimum absolute atomic E-state index is 0.116. The maximum atomic E-state index is 12.9. The van der Waals surface area contributed by atoms with Crippen molar-refractivity contribution < 1.29 is 9.50 Å². The second kappa shape index (κ2) is 4.31. The zero-order valence-corrected chi connectivity index (χ0v) is 8.15. The van der Waals surface area contributed by atoms with Gasteiger partial charge in [-0.1, -0.05) is 0 Å². The van der Waals surface area contributed by atoms with Crippen LogP contribution < -0.4 is 0 Å². The van der Waals surface area contributed by atoms with Gasteiger partial charge in [0.1, 0.15) is 11.6 Å². The Morgan fingerprint density at radius 1 is 1.33 bits per heavy atom. The van der Waals surface area contributed by atoms with Gasteiger partial charge in [0.15, 0.2) is 0 Å². The fraction of sp³-hybridized carbons (Fsp3) is 0.273. The summed E-state index contributed by atoms with van der Waals surface area (Å²) in [4.78, 5) is 8.34. The number of fused-ring (bicyclic) bond motifs is 1. The molecule has 0 aliphatic rings. The topological polar surface area (TPSA) is 46.0 Å². The molecule has 0 saturated carbocycles. The van der Waals surface area contributed by atoms with Crippen LogP contribution in [-0.4, -0.2) is 21.7 Å². The Morgan fingerprint density at radius 3 is 3.00 bits per heavy atom. The summed E-state index contributed by atoms with van der Waals surface area (Å²) in [6.07, 6.45) is 2.91. The van der Waals surface area contributed by atoms with Crippen molar-refractivity contribution in [2.45, 2.75) is 12.8 Å². The summed E-state index contributed by atoms with van der Waals surface area (Å²) in [5, 5.41) is 9.49. The first-order valence-electron chi connectivity index (χ1n) is 4.81. The molecule has 1 heterocycles. The predicted octanol–water partition coefficient (Wildman–Crippen LogP) is 1.69. The van der Waals surface area contributed by atoms with Crippen LogP contribution in [0.25, 0.3) is 10.9 Å². The third kappa shape index (κ3) is 2.27. The lowest BCUT2D eigenvalue weighted by Gasteiger charge is -2.00. The molecule has 0 amide bonds. The lowest BCUT2D eigenvalue weighted by Crippen LogP contribution is -1.97. The number of benzene rings is 1. The van der Waals surface area contributed by atoms with Crippen molar-refractivity contribution in [3.63, 3.8) is 0 Å². The Morgan fingerprint density at radius 2 is 2.20 bits per heavy atom. The van der Waals surface area contributed by atoms with E-state index >= 15 is 0 Å². The summed E-state index contributed by atoms with van der Waals surface area (Å²) in [6, 6.07) is 4.43. The summed E-state index contributed by atoms with van der Waals surface area (Å²) < 4.78 is 12.9. The van der Waals surface area contributed by atoms with Gasteiger partial charge in [0, 0.05) is 30.7 Å². The normalized spacial score (nSPS) is 10.8. The highest BCUT2D eigenvalue weighted by molar-refractivity contribution is 5.77. The predicted molar refractivity (Wildman–Crippen MR) is 54.9 cm³/mol. The molecule has 0 atom stereocenters. The van der Waals surface area contributed by atoms with E-state index < -0.39 is 0 Å². The van der Waals surface area contributed by atoms with Gasteiger partial charge in [0.05, 0.1) is 5.52 Å². The van der Waals surface area contributed by atoms with Crippen molar-refractivity contribution in [1.82, 2.24) is 9.97 Å². The van der Waals surface area contributed by atoms with Crippen molar-refractivity contribution in [1.29, 1.82) is 0 Å². The van der Waals surface area contributed by atoms with Crippen molar-refractivity contribution in [2.75, 3.05) is 6.61 Å². The molecule has 2 rings (SSSR count). The minimum Gasteiger partial charge on any atom is -0.396 e. The number of aliphatic hydroxyl groups is 1. The number of hydrogen-bond acceptors (Lipinski definition) is 3. The molecule has 3 nitrogen and oxygen atoms in total. The molecule has 0 fully saturated rings. The summed E-state index contributed by atoms with van der Waals surface area (Å²) >= 11 is 0. The van der Waals surface area contributed by atoms with Gasteiger partial charge in [-0.15, -0.1) is 0 Å². The second-order valence-corrected chi connectivity index (χ2v) is 3.32. The Balaban J connectivity index is 2.36. The number of aromatic nitrogens is 2.